The van der Waals surface area contributed by atoms with Crippen molar-refractivity contribution in [1.29, 1.82) is 0 Å². The molecule has 1 aromatic heterocycles. The summed E-state index contributed by atoms with van der Waals surface area (Å²) in [6, 6.07) is 0. The summed E-state index contributed by atoms with van der Waals surface area (Å²) < 4.78 is 24.7. The van der Waals surface area contributed by atoms with Gasteiger partial charge in [0.1, 0.15) is 5.56 Å². The summed E-state index contributed by atoms with van der Waals surface area (Å²) in [6.07, 6.45) is -2.21. The van der Waals surface area contributed by atoms with Gasteiger partial charge in [0.25, 0.3) is 6.43 Å². The Hall–Kier alpha value is -1.50. The molecule has 0 amide bonds. The zero-order chi connectivity index (χ0) is 10.9. The molecular weight excluding hydrogens is 220 g/mol. The Morgan fingerprint density at radius 2 is 2.21 bits per heavy atom. The number of nitro groups is 1. The first-order valence-corrected chi connectivity index (χ1v) is 3.69. The predicted molar refractivity (Wildman–Crippen MR) is 45.3 cm³/mol. The summed E-state index contributed by atoms with van der Waals surface area (Å²) in [5, 5.41) is 9.92. The fourth-order valence-electron chi connectivity index (χ4n) is 0.907. The molecule has 14 heavy (non-hydrogen) atoms. The molecule has 0 bridgehead atoms. The van der Waals surface area contributed by atoms with E-state index in [9.17, 15) is 18.9 Å². The fourth-order valence-corrected chi connectivity index (χ4v) is 1.13. The summed E-state index contributed by atoms with van der Waals surface area (Å²) in [5.41, 5.74) is 3.25. The highest BCUT2D eigenvalue weighted by Crippen LogP contribution is 2.37. The van der Waals surface area contributed by atoms with Crippen molar-refractivity contribution in [2.24, 2.45) is 0 Å². The number of hydrogen-bond acceptors (Lipinski definition) is 4. The molecule has 1 aromatic rings. The van der Waals surface area contributed by atoms with E-state index in [1.54, 1.807) is 0 Å². The van der Waals surface area contributed by atoms with Crippen molar-refractivity contribution in [3.05, 3.63) is 26.9 Å². The Kier molecular flexibility index (Phi) is 2.80. The van der Waals surface area contributed by atoms with Gasteiger partial charge in [-0.25, -0.2) is 13.8 Å². The Morgan fingerprint density at radius 1 is 1.64 bits per heavy atom. The molecular formula is C6H4ClF2N3O2. The Morgan fingerprint density at radius 3 is 2.57 bits per heavy atom. The minimum atomic E-state index is -3.06. The highest BCUT2D eigenvalue weighted by atomic mass is 35.5. The van der Waals surface area contributed by atoms with Crippen LogP contribution in [-0.4, -0.2) is 9.91 Å². The summed E-state index contributed by atoms with van der Waals surface area (Å²) in [5.74, 6) is -0.574. The molecule has 0 saturated heterocycles. The van der Waals surface area contributed by atoms with E-state index in [4.69, 9.17) is 17.3 Å². The van der Waals surface area contributed by atoms with Crippen LogP contribution in [0.25, 0.3) is 0 Å². The van der Waals surface area contributed by atoms with Crippen molar-refractivity contribution in [1.82, 2.24) is 4.98 Å². The van der Waals surface area contributed by atoms with Gasteiger partial charge in [-0.3, -0.25) is 10.1 Å². The van der Waals surface area contributed by atoms with Crippen LogP contribution in [0.5, 0.6) is 0 Å². The summed E-state index contributed by atoms with van der Waals surface area (Å²) in [6.45, 7) is 0. The molecule has 0 aliphatic heterocycles. The van der Waals surface area contributed by atoms with E-state index in [1.165, 1.54) is 0 Å². The molecule has 0 spiro atoms. The minimum Gasteiger partial charge on any atom is -0.378 e. The average molecular weight is 224 g/mol. The number of nitrogen functional groups attached to an aromatic ring is 1. The molecule has 0 aliphatic rings. The van der Waals surface area contributed by atoms with Gasteiger partial charge in [0.05, 0.1) is 9.95 Å². The van der Waals surface area contributed by atoms with Crippen LogP contribution in [0.1, 0.15) is 12.0 Å². The van der Waals surface area contributed by atoms with Crippen LogP contribution in [0.15, 0.2) is 6.20 Å². The SMILES string of the molecule is Nc1ncc(Cl)c(C(F)F)c1[N+](=O)[O-]. The topological polar surface area (TPSA) is 82.0 Å². The van der Waals surface area contributed by atoms with Crippen LogP contribution < -0.4 is 5.73 Å². The summed E-state index contributed by atoms with van der Waals surface area (Å²) in [7, 11) is 0. The van der Waals surface area contributed by atoms with Gasteiger partial charge in [0.15, 0.2) is 0 Å². The van der Waals surface area contributed by atoms with Gasteiger partial charge in [-0.1, -0.05) is 11.6 Å². The van der Waals surface area contributed by atoms with E-state index in [0.29, 0.717) is 0 Å². The first kappa shape index (κ1) is 10.6. The van der Waals surface area contributed by atoms with Crippen molar-refractivity contribution in [2.45, 2.75) is 6.43 Å². The third-order valence-corrected chi connectivity index (χ3v) is 1.77. The van der Waals surface area contributed by atoms with E-state index >= 15 is 0 Å². The quantitative estimate of drug-likeness (QED) is 0.615. The van der Waals surface area contributed by atoms with Gasteiger partial charge in [0.2, 0.25) is 5.82 Å². The molecule has 8 heteroatoms. The number of nitrogens with two attached hydrogens (primary N) is 1. The molecule has 76 valence electrons. The largest absolute Gasteiger partial charge is 0.378 e. The number of pyridine rings is 1. The molecule has 2 N–H and O–H groups in total. The van der Waals surface area contributed by atoms with Crippen molar-refractivity contribution in [3.63, 3.8) is 0 Å². The van der Waals surface area contributed by atoms with E-state index in [1.807, 2.05) is 0 Å². The van der Waals surface area contributed by atoms with Gasteiger partial charge in [-0.05, 0) is 0 Å². The molecule has 5 nitrogen and oxygen atoms in total. The molecule has 1 heterocycles. The highest BCUT2D eigenvalue weighted by Gasteiger charge is 2.28. The third kappa shape index (κ3) is 1.72. The maximum absolute atomic E-state index is 12.4. The zero-order valence-corrected chi connectivity index (χ0v) is 7.33. The van der Waals surface area contributed by atoms with Crippen LogP contribution in [0.3, 0.4) is 0 Å². The standard InChI is InChI=1S/C6H4ClF2N3O2/c7-2-1-11-6(10)4(12(13)14)3(2)5(8)9/h1,5H,(H2,10,11). The number of aromatic nitrogens is 1. The second kappa shape index (κ2) is 3.70. The number of nitrogens with zero attached hydrogens (tertiary/aromatic N) is 2. The van der Waals surface area contributed by atoms with Crippen molar-refractivity contribution < 1.29 is 13.7 Å². The average Bonchev–Trinajstić information content (AvgIpc) is 2.07. The van der Waals surface area contributed by atoms with Crippen LogP contribution in [0.2, 0.25) is 5.02 Å². The minimum absolute atomic E-state index is 0.471. The number of rotatable bonds is 2. The van der Waals surface area contributed by atoms with Crippen LogP contribution in [-0.2, 0) is 0 Å². The molecule has 0 radical (unpaired) electrons. The lowest BCUT2D eigenvalue weighted by atomic mass is 10.2. The maximum Gasteiger partial charge on any atom is 0.321 e. The molecule has 0 fully saturated rings. The van der Waals surface area contributed by atoms with Gasteiger partial charge in [0, 0.05) is 6.20 Å². The predicted octanol–water partition coefficient (Wildman–Crippen LogP) is 2.16. The van der Waals surface area contributed by atoms with Gasteiger partial charge >= 0.3 is 5.69 Å². The third-order valence-electron chi connectivity index (χ3n) is 1.47. The number of halogens is 3. The van der Waals surface area contributed by atoms with E-state index in [0.717, 1.165) is 6.20 Å². The van der Waals surface area contributed by atoms with Crippen LogP contribution in [0.4, 0.5) is 20.3 Å². The highest BCUT2D eigenvalue weighted by molar-refractivity contribution is 6.31. The first-order valence-electron chi connectivity index (χ1n) is 3.31. The number of anilines is 1. The molecule has 0 saturated carbocycles. The monoisotopic (exact) mass is 223 g/mol. The smallest absolute Gasteiger partial charge is 0.321 e. The van der Waals surface area contributed by atoms with Crippen LogP contribution >= 0.6 is 11.6 Å². The molecule has 0 unspecified atom stereocenters. The van der Waals surface area contributed by atoms with Gasteiger partial charge in [-0.2, -0.15) is 0 Å². The second-order valence-electron chi connectivity index (χ2n) is 2.31. The lowest BCUT2D eigenvalue weighted by Crippen LogP contribution is -2.03. The zero-order valence-electron chi connectivity index (χ0n) is 6.58. The number of alkyl halides is 2. The molecule has 0 aliphatic carbocycles. The Balaban J connectivity index is 3.50. The van der Waals surface area contributed by atoms with Crippen molar-refractivity contribution >= 4 is 23.1 Å². The summed E-state index contributed by atoms with van der Waals surface area (Å²) in [4.78, 5) is 12.7. The number of hydrogen-bond donors (Lipinski definition) is 1. The maximum atomic E-state index is 12.4. The molecule has 1 rings (SSSR count). The van der Waals surface area contributed by atoms with E-state index in [2.05, 4.69) is 4.98 Å². The first-order chi connectivity index (χ1) is 6.45. The van der Waals surface area contributed by atoms with E-state index in [-0.39, 0.29) is 0 Å². The fraction of sp³-hybridized carbons (Fsp3) is 0.167. The normalized spacial score (nSPS) is 10.6. The molecule has 0 aromatic carbocycles. The van der Waals surface area contributed by atoms with Gasteiger partial charge in [-0.15, -0.1) is 0 Å². The summed E-state index contributed by atoms with van der Waals surface area (Å²) >= 11 is 5.34. The lowest BCUT2D eigenvalue weighted by molar-refractivity contribution is -0.385. The van der Waals surface area contributed by atoms with Crippen LogP contribution in [0, 0.1) is 10.1 Å². The second-order valence-corrected chi connectivity index (χ2v) is 2.72. The van der Waals surface area contributed by atoms with Crippen molar-refractivity contribution in [3.8, 4) is 0 Å². The Labute approximate surface area is 81.6 Å². The molecule has 0 atom stereocenters. The Bertz CT molecular complexity index is 386. The van der Waals surface area contributed by atoms with E-state index < -0.39 is 33.4 Å². The van der Waals surface area contributed by atoms with Gasteiger partial charge < -0.3 is 5.73 Å². The van der Waals surface area contributed by atoms with Crippen molar-refractivity contribution in [2.75, 3.05) is 5.73 Å². The lowest BCUT2D eigenvalue weighted by Gasteiger charge is -2.04.